The number of nitriles is 1. The molecule has 1 aromatic heterocycles. The molecule has 1 aliphatic rings. The van der Waals surface area contributed by atoms with E-state index in [1.165, 1.54) is 6.20 Å². The van der Waals surface area contributed by atoms with E-state index in [2.05, 4.69) is 40.5 Å². The molecular weight excluding hydrogens is 354 g/mol. The number of ether oxygens (including phenoxy) is 1. The van der Waals surface area contributed by atoms with Crippen LogP contribution in [-0.4, -0.2) is 41.4 Å². The SMILES string of the molecule is CO[C@H]1C[C@@H](CNc2nc(NCCc3cccc(O)c3)ncc2C#N)C1(C)C. The van der Waals surface area contributed by atoms with E-state index in [1.54, 1.807) is 19.2 Å². The van der Waals surface area contributed by atoms with E-state index in [1.807, 2.05) is 12.1 Å². The number of aromatic nitrogens is 2. The average molecular weight is 381 g/mol. The second kappa shape index (κ2) is 8.44. The molecule has 2 atom stereocenters. The third kappa shape index (κ3) is 4.34. The molecule has 0 bridgehead atoms. The molecule has 0 unspecified atom stereocenters. The van der Waals surface area contributed by atoms with Gasteiger partial charge in [0.15, 0.2) is 0 Å². The molecular formula is C21H27N5O2. The first-order chi connectivity index (χ1) is 13.4. The molecule has 3 rings (SSSR count). The van der Waals surface area contributed by atoms with Crippen molar-refractivity contribution in [3.63, 3.8) is 0 Å². The Hall–Kier alpha value is -2.85. The number of rotatable bonds is 8. The lowest BCUT2D eigenvalue weighted by Gasteiger charge is -2.51. The lowest BCUT2D eigenvalue weighted by molar-refractivity contribution is -0.115. The van der Waals surface area contributed by atoms with Crippen molar-refractivity contribution in [2.45, 2.75) is 32.8 Å². The van der Waals surface area contributed by atoms with Crippen LogP contribution in [0.4, 0.5) is 11.8 Å². The first-order valence-electron chi connectivity index (χ1n) is 9.49. The summed E-state index contributed by atoms with van der Waals surface area (Å²) >= 11 is 0. The topological polar surface area (TPSA) is 103 Å². The number of nitrogens with zero attached hydrogens (tertiary/aromatic N) is 3. The molecule has 3 N–H and O–H groups in total. The van der Waals surface area contributed by atoms with Crippen LogP contribution in [0.15, 0.2) is 30.5 Å². The predicted molar refractivity (Wildman–Crippen MR) is 108 cm³/mol. The molecule has 0 radical (unpaired) electrons. The molecule has 0 amide bonds. The summed E-state index contributed by atoms with van der Waals surface area (Å²) in [6, 6.07) is 9.31. The molecule has 28 heavy (non-hydrogen) atoms. The summed E-state index contributed by atoms with van der Waals surface area (Å²) in [5, 5.41) is 25.4. The minimum Gasteiger partial charge on any atom is -0.508 e. The fourth-order valence-electron chi connectivity index (χ4n) is 3.65. The smallest absolute Gasteiger partial charge is 0.224 e. The Labute approximate surface area is 165 Å². The van der Waals surface area contributed by atoms with Gasteiger partial charge in [0.05, 0.1) is 12.3 Å². The van der Waals surface area contributed by atoms with Gasteiger partial charge in [-0.2, -0.15) is 10.2 Å². The molecule has 148 valence electrons. The molecule has 2 aromatic rings. The van der Waals surface area contributed by atoms with Crippen LogP contribution in [0.2, 0.25) is 0 Å². The van der Waals surface area contributed by atoms with E-state index in [0.29, 0.717) is 29.8 Å². The van der Waals surface area contributed by atoms with Crippen molar-refractivity contribution < 1.29 is 9.84 Å². The maximum absolute atomic E-state index is 9.53. The van der Waals surface area contributed by atoms with Crippen LogP contribution in [0, 0.1) is 22.7 Å². The molecule has 1 heterocycles. The Morgan fingerprint density at radius 2 is 2.18 bits per heavy atom. The molecule has 0 saturated heterocycles. The number of methoxy groups -OCH3 is 1. The third-order valence-corrected chi connectivity index (χ3v) is 5.70. The number of hydrogen-bond acceptors (Lipinski definition) is 7. The number of benzene rings is 1. The van der Waals surface area contributed by atoms with Gasteiger partial charge >= 0.3 is 0 Å². The number of aromatic hydroxyl groups is 1. The molecule has 7 heteroatoms. The van der Waals surface area contributed by atoms with Gasteiger partial charge in [0.2, 0.25) is 5.95 Å². The van der Waals surface area contributed by atoms with Crippen molar-refractivity contribution in [2.75, 3.05) is 30.8 Å². The molecule has 1 aromatic carbocycles. The van der Waals surface area contributed by atoms with Gasteiger partial charge in [-0.1, -0.05) is 26.0 Å². The van der Waals surface area contributed by atoms with Gasteiger partial charge in [-0.25, -0.2) is 4.98 Å². The number of nitrogens with one attached hydrogen (secondary N) is 2. The number of hydrogen-bond donors (Lipinski definition) is 3. The van der Waals surface area contributed by atoms with Gasteiger partial charge in [-0.15, -0.1) is 0 Å². The molecule has 7 nitrogen and oxygen atoms in total. The monoisotopic (exact) mass is 381 g/mol. The van der Waals surface area contributed by atoms with E-state index in [4.69, 9.17) is 4.74 Å². The highest BCUT2D eigenvalue weighted by atomic mass is 16.5. The highest BCUT2D eigenvalue weighted by molar-refractivity contribution is 5.53. The maximum Gasteiger partial charge on any atom is 0.224 e. The van der Waals surface area contributed by atoms with E-state index < -0.39 is 0 Å². The highest BCUT2D eigenvalue weighted by Crippen LogP contribution is 2.47. The van der Waals surface area contributed by atoms with Crippen LogP contribution < -0.4 is 10.6 Å². The third-order valence-electron chi connectivity index (χ3n) is 5.70. The fraction of sp³-hybridized carbons (Fsp3) is 0.476. The van der Waals surface area contributed by atoms with Crippen LogP contribution in [0.1, 0.15) is 31.4 Å². The second-order valence-corrected chi connectivity index (χ2v) is 7.77. The highest BCUT2D eigenvalue weighted by Gasteiger charge is 2.48. The fourth-order valence-corrected chi connectivity index (χ4v) is 3.65. The summed E-state index contributed by atoms with van der Waals surface area (Å²) in [4.78, 5) is 8.69. The average Bonchev–Trinajstić information content (AvgIpc) is 2.67. The van der Waals surface area contributed by atoms with Crippen molar-refractivity contribution in [2.24, 2.45) is 11.3 Å². The Balaban J connectivity index is 1.58. The van der Waals surface area contributed by atoms with Crippen molar-refractivity contribution in [3.8, 4) is 11.8 Å². The predicted octanol–water partition coefficient (Wildman–Crippen LogP) is 3.18. The van der Waals surface area contributed by atoms with Gasteiger partial charge in [0.25, 0.3) is 0 Å². The quantitative estimate of drug-likeness (QED) is 0.645. The minimum atomic E-state index is 0.101. The summed E-state index contributed by atoms with van der Waals surface area (Å²) in [6.07, 6.45) is 3.54. The van der Waals surface area contributed by atoms with Crippen LogP contribution >= 0.6 is 0 Å². The first kappa shape index (κ1) is 19.9. The summed E-state index contributed by atoms with van der Waals surface area (Å²) in [6.45, 7) is 5.77. The molecule has 1 saturated carbocycles. The lowest BCUT2D eigenvalue weighted by atomic mass is 9.60. The summed E-state index contributed by atoms with van der Waals surface area (Å²) < 4.78 is 5.50. The Morgan fingerprint density at radius 1 is 1.36 bits per heavy atom. The largest absolute Gasteiger partial charge is 0.508 e. The van der Waals surface area contributed by atoms with E-state index >= 15 is 0 Å². The standard InChI is InChI=1S/C21H27N5O2/c1-21(2)16(10-18(21)28-3)13-24-19-15(11-22)12-25-20(26-19)23-8-7-14-5-4-6-17(27)9-14/h4-6,9,12,16,18,27H,7-8,10,13H2,1-3H3,(H2,23,24,25,26)/t16-,18-/m0/s1. The van der Waals surface area contributed by atoms with E-state index in [0.717, 1.165) is 24.9 Å². The molecule has 0 spiro atoms. The Morgan fingerprint density at radius 3 is 2.86 bits per heavy atom. The second-order valence-electron chi connectivity index (χ2n) is 7.77. The molecule has 0 aliphatic heterocycles. The van der Waals surface area contributed by atoms with Crippen LogP contribution in [0.3, 0.4) is 0 Å². The van der Waals surface area contributed by atoms with Crippen molar-refractivity contribution in [1.82, 2.24) is 9.97 Å². The van der Waals surface area contributed by atoms with E-state index in [-0.39, 0.29) is 17.3 Å². The Bertz CT molecular complexity index is 862. The van der Waals surface area contributed by atoms with Crippen molar-refractivity contribution >= 4 is 11.8 Å². The van der Waals surface area contributed by atoms with Gasteiger partial charge in [0, 0.05) is 20.2 Å². The zero-order chi connectivity index (χ0) is 20.1. The summed E-state index contributed by atoms with van der Waals surface area (Å²) in [5.74, 6) is 1.74. The first-order valence-corrected chi connectivity index (χ1v) is 9.49. The van der Waals surface area contributed by atoms with Crippen molar-refractivity contribution in [3.05, 3.63) is 41.6 Å². The molecule has 1 aliphatic carbocycles. The molecule has 1 fully saturated rings. The van der Waals surface area contributed by atoms with Gasteiger partial charge in [0.1, 0.15) is 23.2 Å². The summed E-state index contributed by atoms with van der Waals surface area (Å²) in [5.41, 5.74) is 1.56. The van der Waals surface area contributed by atoms with Crippen LogP contribution in [0.5, 0.6) is 5.75 Å². The number of phenolic OH excluding ortho intramolecular Hbond substituents is 1. The van der Waals surface area contributed by atoms with Crippen LogP contribution in [-0.2, 0) is 11.2 Å². The minimum absolute atomic E-state index is 0.101. The normalized spacial score (nSPS) is 20.1. The zero-order valence-electron chi connectivity index (χ0n) is 16.6. The Kier molecular flexibility index (Phi) is 6.00. The lowest BCUT2D eigenvalue weighted by Crippen LogP contribution is -2.52. The van der Waals surface area contributed by atoms with Gasteiger partial charge in [-0.3, -0.25) is 0 Å². The zero-order valence-corrected chi connectivity index (χ0v) is 16.6. The number of phenols is 1. The maximum atomic E-state index is 9.53. The summed E-state index contributed by atoms with van der Waals surface area (Å²) in [7, 11) is 1.75. The van der Waals surface area contributed by atoms with E-state index in [9.17, 15) is 10.4 Å². The van der Waals surface area contributed by atoms with Crippen LogP contribution in [0.25, 0.3) is 0 Å². The van der Waals surface area contributed by atoms with Gasteiger partial charge < -0.3 is 20.5 Å². The van der Waals surface area contributed by atoms with Crippen molar-refractivity contribution in [1.29, 1.82) is 5.26 Å². The number of anilines is 2. The van der Waals surface area contributed by atoms with Gasteiger partial charge in [-0.05, 0) is 41.9 Å².